The van der Waals surface area contributed by atoms with Crippen LogP contribution >= 0.6 is 0 Å². The van der Waals surface area contributed by atoms with Crippen LogP contribution in [-0.2, 0) is 0 Å². The molecular formula is C17H24N2O4. The Hall–Kier alpha value is -1.95. The second-order valence-electron chi connectivity index (χ2n) is 6.12. The summed E-state index contributed by atoms with van der Waals surface area (Å²) < 4.78 is 16.6. The van der Waals surface area contributed by atoms with Crippen LogP contribution < -0.4 is 19.9 Å². The first kappa shape index (κ1) is 15.9. The van der Waals surface area contributed by atoms with E-state index in [0.29, 0.717) is 48.5 Å². The van der Waals surface area contributed by atoms with E-state index in [-0.39, 0.29) is 11.9 Å². The second-order valence-corrected chi connectivity index (χ2v) is 6.12. The maximum Gasteiger partial charge on any atom is 0.254 e. The van der Waals surface area contributed by atoms with Gasteiger partial charge >= 0.3 is 0 Å². The molecule has 126 valence electrons. The molecule has 0 unspecified atom stereocenters. The molecule has 2 aliphatic rings. The third-order valence-corrected chi connectivity index (χ3v) is 4.69. The molecule has 23 heavy (non-hydrogen) atoms. The molecule has 0 aromatic heterocycles. The molecule has 6 nitrogen and oxygen atoms in total. The van der Waals surface area contributed by atoms with E-state index in [1.54, 1.807) is 19.2 Å². The Bertz CT molecular complexity index is 573. The summed E-state index contributed by atoms with van der Waals surface area (Å²) in [5.41, 5.74) is 6.46. The van der Waals surface area contributed by atoms with Crippen molar-refractivity contribution in [3.05, 3.63) is 17.7 Å². The Morgan fingerprint density at radius 2 is 2.17 bits per heavy atom. The van der Waals surface area contributed by atoms with E-state index in [4.69, 9.17) is 19.9 Å². The molecule has 3 rings (SSSR count). The molecule has 6 heteroatoms. The third kappa shape index (κ3) is 2.95. The number of methoxy groups -OCH3 is 1. The number of benzene rings is 1. The zero-order valence-corrected chi connectivity index (χ0v) is 13.7. The molecule has 0 saturated carbocycles. The number of piperidine rings is 1. The molecule has 2 N–H and O–H groups in total. The van der Waals surface area contributed by atoms with Crippen LogP contribution in [0.25, 0.3) is 0 Å². The van der Waals surface area contributed by atoms with Crippen LogP contribution in [0.3, 0.4) is 0 Å². The lowest BCUT2D eigenvalue weighted by molar-refractivity contribution is 0.0531. The summed E-state index contributed by atoms with van der Waals surface area (Å²) in [5.74, 6) is 2.05. The zero-order valence-electron chi connectivity index (χ0n) is 13.7. The lowest BCUT2D eigenvalue weighted by atomic mass is 9.90. The maximum atomic E-state index is 13.0. The van der Waals surface area contributed by atoms with Crippen LogP contribution in [-0.4, -0.2) is 50.3 Å². The average molecular weight is 320 g/mol. The quantitative estimate of drug-likeness (QED) is 0.917. The smallest absolute Gasteiger partial charge is 0.254 e. The topological polar surface area (TPSA) is 74.0 Å². The first-order valence-corrected chi connectivity index (χ1v) is 8.14. The fourth-order valence-electron chi connectivity index (χ4n) is 3.42. The molecular weight excluding hydrogens is 296 g/mol. The van der Waals surface area contributed by atoms with Crippen LogP contribution in [0.1, 0.15) is 30.1 Å². The number of carbonyl (C=O) groups is 1. The Morgan fingerprint density at radius 1 is 1.39 bits per heavy atom. The maximum absolute atomic E-state index is 13.0. The summed E-state index contributed by atoms with van der Waals surface area (Å²) in [7, 11) is 1.56. The van der Waals surface area contributed by atoms with Gasteiger partial charge in [0.15, 0.2) is 11.5 Å². The highest BCUT2D eigenvalue weighted by molar-refractivity contribution is 5.96. The van der Waals surface area contributed by atoms with Crippen LogP contribution in [0.2, 0.25) is 0 Å². The zero-order chi connectivity index (χ0) is 16.4. The highest BCUT2D eigenvalue weighted by Gasteiger charge is 2.32. The first-order valence-electron chi connectivity index (χ1n) is 8.14. The number of amides is 1. The number of carbonyl (C=O) groups excluding carboxylic acids is 1. The Labute approximate surface area is 136 Å². The van der Waals surface area contributed by atoms with Gasteiger partial charge in [0.2, 0.25) is 5.75 Å². The van der Waals surface area contributed by atoms with E-state index in [1.165, 1.54) is 0 Å². The minimum Gasteiger partial charge on any atom is -0.493 e. The summed E-state index contributed by atoms with van der Waals surface area (Å²) in [4.78, 5) is 14.9. The van der Waals surface area contributed by atoms with Gasteiger partial charge in [-0.25, -0.2) is 0 Å². The van der Waals surface area contributed by atoms with Crippen molar-refractivity contribution in [2.24, 2.45) is 11.7 Å². The standard InChI is InChI=1S/C17H24N2O4/c1-11-4-3-5-19(13(11)10-18)17(20)12-8-14(21-2)16-15(9-12)22-6-7-23-16/h8-9,11,13H,3-7,10,18H2,1-2H3/t11-,13-/m0/s1. The highest BCUT2D eigenvalue weighted by Crippen LogP contribution is 2.41. The SMILES string of the molecule is COc1cc(C(=O)N2CCC[C@H](C)[C@@H]2CN)cc2c1OCCO2. The van der Waals surface area contributed by atoms with Crippen molar-refractivity contribution < 1.29 is 19.0 Å². The lowest BCUT2D eigenvalue weighted by Gasteiger charge is -2.39. The Morgan fingerprint density at radius 3 is 2.91 bits per heavy atom. The Kier molecular flexibility index (Phi) is 4.61. The van der Waals surface area contributed by atoms with Crippen molar-refractivity contribution in [1.29, 1.82) is 0 Å². The van der Waals surface area contributed by atoms with Crippen LogP contribution in [0, 0.1) is 5.92 Å². The van der Waals surface area contributed by atoms with Gasteiger partial charge in [0.1, 0.15) is 13.2 Å². The minimum absolute atomic E-state index is 0.0257. The lowest BCUT2D eigenvalue weighted by Crippen LogP contribution is -2.51. The molecule has 1 fully saturated rings. The number of hydrogen-bond donors (Lipinski definition) is 1. The van der Waals surface area contributed by atoms with Gasteiger partial charge in [0.25, 0.3) is 5.91 Å². The van der Waals surface area contributed by atoms with Gasteiger partial charge in [-0.1, -0.05) is 6.92 Å². The largest absolute Gasteiger partial charge is 0.493 e. The molecule has 0 bridgehead atoms. The monoisotopic (exact) mass is 320 g/mol. The van der Waals surface area contributed by atoms with E-state index in [9.17, 15) is 4.79 Å². The summed E-state index contributed by atoms with van der Waals surface area (Å²) in [6, 6.07) is 3.55. The van der Waals surface area contributed by atoms with E-state index >= 15 is 0 Å². The number of nitrogens with two attached hydrogens (primary N) is 1. The number of nitrogens with zero attached hydrogens (tertiary/aromatic N) is 1. The van der Waals surface area contributed by atoms with Gasteiger partial charge in [-0.05, 0) is 30.9 Å². The average Bonchev–Trinajstić information content (AvgIpc) is 2.59. The van der Waals surface area contributed by atoms with Crippen molar-refractivity contribution in [2.45, 2.75) is 25.8 Å². The van der Waals surface area contributed by atoms with E-state index in [2.05, 4.69) is 6.92 Å². The van der Waals surface area contributed by atoms with Gasteiger partial charge < -0.3 is 24.8 Å². The van der Waals surface area contributed by atoms with Gasteiger partial charge in [-0.3, -0.25) is 4.79 Å². The Balaban J connectivity index is 1.92. The minimum atomic E-state index is -0.0257. The molecule has 1 aromatic carbocycles. The predicted molar refractivity (Wildman–Crippen MR) is 86.3 cm³/mol. The number of likely N-dealkylation sites (tertiary alicyclic amines) is 1. The summed E-state index contributed by atoms with van der Waals surface area (Å²) in [6.45, 7) is 4.33. The van der Waals surface area contributed by atoms with E-state index in [0.717, 1.165) is 19.4 Å². The number of rotatable bonds is 3. The van der Waals surface area contributed by atoms with Crippen molar-refractivity contribution in [2.75, 3.05) is 33.4 Å². The van der Waals surface area contributed by atoms with Crippen molar-refractivity contribution in [3.63, 3.8) is 0 Å². The van der Waals surface area contributed by atoms with Gasteiger partial charge in [-0.15, -0.1) is 0 Å². The van der Waals surface area contributed by atoms with E-state index in [1.807, 2.05) is 4.90 Å². The molecule has 0 aliphatic carbocycles. The first-order chi connectivity index (χ1) is 11.2. The van der Waals surface area contributed by atoms with Crippen LogP contribution in [0.5, 0.6) is 17.2 Å². The molecule has 2 atom stereocenters. The second kappa shape index (κ2) is 6.66. The predicted octanol–water partition coefficient (Wildman–Crippen LogP) is 1.67. The summed E-state index contributed by atoms with van der Waals surface area (Å²) in [6.07, 6.45) is 2.11. The summed E-state index contributed by atoms with van der Waals surface area (Å²) >= 11 is 0. The molecule has 1 amide bonds. The van der Waals surface area contributed by atoms with Crippen LogP contribution in [0.4, 0.5) is 0 Å². The number of ether oxygens (including phenoxy) is 3. The van der Waals surface area contributed by atoms with Gasteiger partial charge in [0, 0.05) is 24.7 Å². The van der Waals surface area contributed by atoms with E-state index < -0.39 is 0 Å². The molecule has 2 heterocycles. The third-order valence-electron chi connectivity index (χ3n) is 4.69. The molecule has 0 spiro atoms. The normalized spacial score (nSPS) is 23.5. The van der Waals surface area contributed by atoms with Crippen molar-refractivity contribution in [3.8, 4) is 17.2 Å². The van der Waals surface area contributed by atoms with Crippen LogP contribution in [0.15, 0.2) is 12.1 Å². The molecule has 0 radical (unpaired) electrons. The van der Waals surface area contributed by atoms with Gasteiger partial charge in [0.05, 0.1) is 7.11 Å². The molecule has 1 saturated heterocycles. The molecule has 1 aromatic rings. The highest BCUT2D eigenvalue weighted by atomic mass is 16.6. The molecule has 2 aliphatic heterocycles. The summed E-state index contributed by atoms with van der Waals surface area (Å²) in [5, 5.41) is 0. The van der Waals surface area contributed by atoms with Gasteiger partial charge in [-0.2, -0.15) is 0 Å². The number of fused-ring (bicyclic) bond motifs is 1. The fraction of sp³-hybridized carbons (Fsp3) is 0.588. The number of hydrogen-bond acceptors (Lipinski definition) is 5. The van der Waals surface area contributed by atoms with Crippen molar-refractivity contribution in [1.82, 2.24) is 4.90 Å². The van der Waals surface area contributed by atoms with Crippen molar-refractivity contribution >= 4 is 5.91 Å². The fourth-order valence-corrected chi connectivity index (χ4v) is 3.42.